The molecule has 134 valence electrons. The van der Waals surface area contributed by atoms with Crippen LogP contribution in [-0.4, -0.2) is 48.6 Å². The average molecular weight is 344 g/mol. The smallest absolute Gasteiger partial charge is 0.234 e. The number of halogens is 1. The maximum atomic E-state index is 12.5. The summed E-state index contributed by atoms with van der Waals surface area (Å²) in [6.07, 6.45) is 11.4. The van der Waals surface area contributed by atoms with E-state index in [2.05, 4.69) is 22.5 Å². The Hall–Kier alpha value is -0.320. The van der Waals surface area contributed by atoms with E-state index in [0.717, 1.165) is 25.6 Å². The van der Waals surface area contributed by atoms with Crippen LogP contribution in [0.25, 0.3) is 0 Å². The van der Waals surface area contributed by atoms with Crippen LogP contribution in [0, 0.1) is 5.92 Å². The molecule has 1 aliphatic heterocycles. The zero-order valence-corrected chi connectivity index (χ0v) is 15.4. The molecule has 3 fully saturated rings. The van der Waals surface area contributed by atoms with Crippen LogP contribution >= 0.6 is 12.4 Å². The molecule has 2 saturated carbocycles. The van der Waals surface area contributed by atoms with E-state index in [0.29, 0.717) is 12.6 Å². The lowest BCUT2D eigenvalue weighted by atomic mass is 9.79. The highest BCUT2D eigenvalue weighted by Gasteiger charge is 2.40. The largest absolute Gasteiger partial charge is 0.352 e. The molecule has 0 radical (unpaired) electrons. The third-order valence-electron chi connectivity index (χ3n) is 6.18. The van der Waals surface area contributed by atoms with Crippen LogP contribution in [0.2, 0.25) is 0 Å². The third-order valence-corrected chi connectivity index (χ3v) is 6.18. The van der Waals surface area contributed by atoms with Crippen molar-refractivity contribution in [1.29, 1.82) is 0 Å². The predicted octanol–water partition coefficient (Wildman–Crippen LogP) is 2.71. The minimum absolute atomic E-state index is 0. The molecule has 23 heavy (non-hydrogen) atoms. The number of hydrogen-bond donors (Lipinski definition) is 2. The lowest BCUT2D eigenvalue weighted by Gasteiger charge is -2.49. The number of carbonyl (C=O) groups excluding carboxylic acids is 1. The van der Waals surface area contributed by atoms with Crippen LogP contribution in [0.3, 0.4) is 0 Å². The van der Waals surface area contributed by atoms with Gasteiger partial charge in [-0.2, -0.15) is 0 Å². The van der Waals surface area contributed by atoms with Gasteiger partial charge in [-0.3, -0.25) is 9.69 Å². The van der Waals surface area contributed by atoms with Crippen molar-refractivity contribution in [3.05, 3.63) is 0 Å². The molecule has 2 N–H and O–H groups in total. The molecule has 2 aliphatic carbocycles. The zero-order valence-electron chi connectivity index (χ0n) is 14.6. The van der Waals surface area contributed by atoms with Crippen LogP contribution in [0.1, 0.15) is 64.7 Å². The molecule has 1 spiro atoms. The Morgan fingerprint density at radius 3 is 2.57 bits per heavy atom. The fourth-order valence-corrected chi connectivity index (χ4v) is 4.68. The molecule has 4 nitrogen and oxygen atoms in total. The van der Waals surface area contributed by atoms with E-state index in [1.165, 1.54) is 57.8 Å². The Balaban J connectivity index is 0.00000192. The first kappa shape index (κ1) is 19.0. The van der Waals surface area contributed by atoms with Gasteiger partial charge >= 0.3 is 0 Å². The summed E-state index contributed by atoms with van der Waals surface area (Å²) in [5.41, 5.74) is 0.259. The van der Waals surface area contributed by atoms with Gasteiger partial charge in [0, 0.05) is 31.2 Å². The zero-order chi connectivity index (χ0) is 15.4. The SMILES string of the molecule is CC1CCC(NC(=O)CN2CCNCC23CCCCC3)CC1.Cl. The second-order valence-corrected chi connectivity index (χ2v) is 7.91. The maximum absolute atomic E-state index is 12.5. The summed E-state index contributed by atoms with van der Waals surface area (Å²) < 4.78 is 0. The highest BCUT2D eigenvalue weighted by molar-refractivity contribution is 5.85. The van der Waals surface area contributed by atoms with Crippen molar-refractivity contribution in [1.82, 2.24) is 15.5 Å². The summed E-state index contributed by atoms with van der Waals surface area (Å²) in [4.78, 5) is 15.0. The molecule has 0 aromatic rings. The van der Waals surface area contributed by atoms with Crippen molar-refractivity contribution >= 4 is 18.3 Å². The van der Waals surface area contributed by atoms with E-state index in [-0.39, 0.29) is 23.9 Å². The van der Waals surface area contributed by atoms with Gasteiger partial charge < -0.3 is 10.6 Å². The van der Waals surface area contributed by atoms with Crippen LogP contribution < -0.4 is 10.6 Å². The highest BCUT2D eigenvalue weighted by atomic mass is 35.5. The number of piperazine rings is 1. The topological polar surface area (TPSA) is 44.4 Å². The van der Waals surface area contributed by atoms with Gasteiger partial charge in [0.05, 0.1) is 6.54 Å². The number of carbonyl (C=O) groups is 1. The van der Waals surface area contributed by atoms with E-state index in [9.17, 15) is 4.79 Å². The molecule has 0 unspecified atom stereocenters. The monoisotopic (exact) mass is 343 g/mol. The van der Waals surface area contributed by atoms with E-state index in [1.54, 1.807) is 0 Å². The van der Waals surface area contributed by atoms with Crippen LogP contribution in [0.5, 0.6) is 0 Å². The molecule has 0 aromatic heterocycles. The molecular formula is C18H34ClN3O. The second-order valence-electron chi connectivity index (χ2n) is 7.91. The summed E-state index contributed by atoms with van der Waals surface area (Å²) in [5, 5.41) is 6.87. The first-order valence-corrected chi connectivity index (χ1v) is 9.43. The van der Waals surface area contributed by atoms with E-state index >= 15 is 0 Å². The molecule has 3 rings (SSSR count). The van der Waals surface area contributed by atoms with Crippen molar-refractivity contribution in [3.8, 4) is 0 Å². The predicted molar refractivity (Wildman–Crippen MR) is 97.1 cm³/mol. The average Bonchev–Trinajstić information content (AvgIpc) is 2.53. The Morgan fingerprint density at radius 1 is 1.17 bits per heavy atom. The summed E-state index contributed by atoms with van der Waals surface area (Å²) in [6.45, 7) is 6.05. The Bertz CT molecular complexity index is 368. The van der Waals surface area contributed by atoms with Crippen LogP contribution in [-0.2, 0) is 4.79 Å². The highest BCUT2D eigenvalue weighted by Crippen LogP contribution is 2.34. The summed E-state index contributed by atoms with van der Waals surface area (Å²) >= 11 is 0. The van der Waals surface area contributed by atoms with Crippen molar-refractivity contribution in [2.75, 3.05) is 26.2 Å². The number of rotatable bonds is 3. The summed E-state index contributed by atoms with van der Waals surface area (Å²) in [7, 11) is 0. The van der Waals surface area contributed by atoms with Gasteiger partial charge in [-0.15, -0.1) is 12.4 Å². The minimum Gasteiger partial charge on any atom is -0.352 e. The quantitative estimate of drug-likeness (QED) is 0.828. The van der Waals surface area contributed by atoms with Gasteiger partial charge in [0.25, 0.3) is 0 Å². The molecular weight excluding hydrogens is 310 g/mol. The van der Waals surface area contributed by atoms with Gasteiger partial charge in [0.15, 0.2) is 0 Å². The standard InChI is InChI=1S/C18H33N3O.ClH/c1-15-5-7-16(8-6-15)20-17(22)13-21-12-11-19-14-18(21)9-3-2-4-10-18;/h15-16,19H,2-14H2,1H3,(H,20,22);1H. The van der Waals surface area contributed by atoms with Crippen LogP contribution in [0.4, 0.5) is 0 Å². The van der Waals surface area contributed by atoms with Gasteiger partial charge in [-0.05, 0) is 44.4 Å². The van der Waals surface area contributed by atoms with Crippen LogP contribution in [0.15, 0.2) is 0 Å². The van der Waals surface area contributed by atoms with Crippen molar-refractivity contribution in [3.63, 3.8) is 0 Å². The van der Waals surface area contributed by atoms with Gasteiger partial charge in [-0.1, -0.05) is 26.2 Å². The third kappa shape index (κ3) is 4.83. The van der Waals surface area contributed by atoms with Gasteiger partial charge in [0.2, 0.25) is 5.91 Å². The molecule has 0 atom stereocenters. The number of hydrogen-bond acceptors (Lipinski definition) is 3. The molecule has 5 heteroatoms. The molecule has 0 bridgehead atoms. The molecule has 0 aromatic carbocycles. The maximum Gasteiger partial charge on any atom is 0.234 e. The second kappa shape index (κ2) is 8.68. The fraction of sp³-hybridized carbons (Fsp3) is 0.944. The summed E-state index contributed by atoms with van der Waals surface area (Å²) in [5.74, 6) is 1.10. The number of nitrogens with one attached hydrogen (secondary N) is 2. The Labute approximate surface area is 147 Å². The Kier molecular flexibility index (Phi) is 7.18. The lowest BCUT2D eigenvalue weighted by Crippen LogP contribution is -2.63. The first-order valence-electron chi connectivity index (χ1n) is 9.43. The molecule has 1 amide bonds. The summed E-state index contributed by atoms with van der Waals surface area (Å²) in [6, 6.07) is 0.425. The minimum atomic E-state index is 0. The molecule has 1 heterocycles. The van der Waals surface area contributed by atoms with Crippen molar-refractivity contribution < 1.29 is 4.79 Å². The van der Waals surface area contributed by atoms with E-state index in [4.69, 9.17) is 0 Å². The van der Waals surface area contributed by atoms with E-state index < -0.39 is 0 Å². The number of nitrogens with zero attached hydrogens (tertiary/aromatic N) is 1. The van der Waals surface area contributed by atoms with Crippen molar-refractivity contribution in [2.24, 2.45) is 5.92 Å². The van der Waals surface area contributed by atoms with Gasteiger partial charge in [-0.25, -0.2) is 0 Å². The number of amides is 1. The normalized spacial score (nSPS) is 31.3. The lowest BCUT2D eigenvalue weighted by molar-refractivity contribution is -0.126. The van der Waals surface area contributed by atoms with Gasteiger partial charge in [0.1, 0.15) is 0 Å². The fourth-order valence-electron chi connectivity index (χ4n) is 4.68. The molecule has 3 aliphatic rings. The van der Waals surface area contributed by atoms with Crippen molar-refractivity contribution in [2.45, 2.75) is 76.3 Å². The Morgan fingerprint density at radius 2 is 1.87 bits per heavy atom. The first-order chi connectivity index (χ1) is 10.7. The molecule has 1 saturated heterocycles. The van der Waals surface area contributed by atoms with E-state index in [1.807, 2.05) is 0 Å².